The first-order chi connectivity index (χ1) is 18.7. The Morgan fingerprint density at radius 3 is 2.56 bits per heavy atom. The number of carbonyl (C=O) groups is 3. The van der Waals surface area contributed by atoms with Crippen LogP contribution in [0.2, 0.25) is 5.02 Å². The Hall–Kier alpha value is -2.29. The molecule has 0 radical (unpaired) electrons. The predicted molar refractivity (Wildman–Crippen MR) is 158 cm³/mol. The number of aliphatic hydroxyl groups is 1. The van der Waals surface area contributed by atoms with Crippen molar-refractivity contribution >= 4 is 46.8 Å². The monoisotopic (exact) mass is 573 g/mol. The van der Waals surface area contributed by atoms with Gasteiger partial charge in [0, 0.05) is 38.5 Å². The lowest BCUT2D eigenvalue weighted by atomic mass is 9.70. The summed E-state index contributed by atoms with van der Waals surface area (Å²) in [6.45, 7) is 10.8. The second-order valence-corrected chi connectivity index (χ2v) is 12.9. The van der Waals surface area contributed by atoms with Crippen molar-refractivity contribution in [1.82, 2.24) is 9.80 Å². The molecule has 2 bridgehead atoms. The third kappa shape index (κ3) is 5.27. The minimum atomic E-state index is -0.694. The highest BCUT2D eigenvalue weighted by Crippen LogP contribution is 2.66. The molecule has 39 heavy (non-hydrogen) atoms. The average molecular weight is 574 g/mol. The Morgan fingerprint density at radius 2 is 1.90 bits per heavy atom. The first kappa shape index (κ1) is 29.7. The van der Waals surface area contributed by atoms with Crippen molar-refractivity contribution in [2.75, 3.05) is 38.2 Å². The lowest BCUT2D eigenvalue weighted by Crippen LogP contribution is -2.55. The van der Waals surface area contributed by atoms with Gasteiger partial charge in [-0.2, -0.15) is 0 Å². The van der Waals surface area contributed by atoms with Gasteiger partial charge in [-0.05, 0) is 44.2 Å². The van der Waals surface area contributed by atoms with E-state index in [4.69, 9.17) is 16.7 Å². The fourth-order valence-electron chi connectivity index (χ4n) is 6.77. The zero-order chi connectivity index (χ0) is 28.3. The number of likely N-dealkylation sites (tertiary alicyclic amines) is 1. The number of fused-ring (bicyclic) bond motifs is 1. The Kier molecular flexibility index (Phi) is 9.50. The van der Waals surface area contributed by atoms with E-state index in [-0.39, 0.29) is 36.1 Å². The second-order valence-electron chi connectivity index (χ2n) is 10.9. The number of nitrogens with zero attached hydrogens (tertiary/aromatic N) is 3. The lowest BCUT2D eigenvalue weighted by molar-refractivity contribution is -0.143. The smallest absolute Gasteiger partial charge is 0.251 e. The molecule has 1 spiro atoms. The number of aliphatic hydroxyl groups excluding tert-OH is 1. The maximum atomic E-state index is 14.6. The Balaban J connectivity index is 1.74. The van der Waals surface area contributed by atoms with E-state index < -0.39 is 22.6 Å². The van der Waals surface area contributed by atoms with Gasteiger partial charge in [0.25, 0.3) is 5.91 Å². The van der Waals surface area contributed by atoms with Crippen LogP contribution >= 0.6 is 23.4 Å². The lowest BCUT2D eigenvalue weighted by Gasteiger charge is -2.38. The van der Waals surface area contributed by atoms with Gasteiger partial charge in [-0.1, -0.05) is 48.7 Å². The number of halogens is 1. The van der Waals surface area contributed by atoms with Gasteiger partial charge in [-0.3, -0.25) is 14.4 Å². The second kappa shape index (κ2) is 12.5. The van der Waals surface area contributed by atoms with Crippen molar-refractivity contribution < 1.29 is 19.5 Å². The molecule has 1 aromatic carbocycles. The highest BCUT2D eigenvalue weighted by molar-refractivity contribution is 8.02. The fourth-order valence-corrected chi connectivity index (χ4v) is 9.30. The highest BCUT2D eigenvalue weighted by Gasteiger charge is 2.74. The average Bonchev–Trinajstić information content (AvgIpc) is 3.55. The van der Waals surface area contributed by atoms with Gasteiger partial charge in [0.05, 0.1) is 27.3 Å². The van der Waals surface area contributed by atoms with E-state index in [0.717, 1.165) is 31.2 Å². The highest BCUT2D eigenvalue weighted by atomic mass is 35.5. The van der Waals surface area contributed by atoms with Crippen LogP contribution in [0.4, 0.5) is 5.69 Å². The number of hydrogen-bond acceptors (Lipinski definition) is 5. The molecule has 3 fully saturated rings. The van der Waals surface area contributed by atoms with Crippen LogP contribution < -0.4 is 4.90 Å². The minimum absolute atomic E-state index is 0.00984. The first-order valence-corrected chi connectivity index (χ1v) is 15.1. The van der Waals surface area contributed by atoms with Crippen molar-refractivity contribution in [3.8, 4) is 0 Å². The summed E-state index contributed by atoms with van der Waals surface area (Å²) >= 11 is 8.31. The number of benzene rings is 1. The number of rotatable bonds is 13. The third-order valence-corrected chi connectivity index (χ3v) is 10.7. The molecular weight excluding hydrogens is 534 g/mol. The number of amides is 3. The van der Waals surface area contributed by atoms with Crippen molar-refractivity contribution in [2.45, 2.75) is 61.5 Å². The van der Waals surface area contributed by atoms with Gasteiger partial charge in [0.15, 0.2) is 0 Å². The molecule has 3 heterocycles. The van der Waals surface area contributed by atoms with Gasteiger partial charge in [0.1, 0.15) is 6.04 Å². The van der Waals surface area contributed by atoms with E-state index in [1.807, 2.05) is 19.1 Å². The molecule has 0 aromatic heterocycles. The number of aryl methyl sites for hydroxylation is 1. The summed E-state index contributed by atoms with van der Waals surface area (Å²) in [5.41, 5.74) is 1.50. The zero-order valence-corrected chi connectivity index (χ0v) is 24.6. The van der Waals surface area contributed by atoms with Gasteiger partial charge in [-0.15, -0.1) is 24.9 Å². The molecular formula is C30H40ClN3O4S. The Morgan fingerprint density at radius 1 is 1.18 bits per heavy atom. The molecule has 212 valence electrons. The minimum Gasteiger partial charge on any atom is -0.396 e. The number of carbonyl (C=O) groups excluding carboxylic acids is 3. The van der Waals surface area contributed by atoms with Crippen molar-refractivity contribution in [2.24, 2.45) is 11.8 Å². The molecule has 0 aliphatic carbocycles. The van der Waals surface area contributed by atoms with Crippen LogP contribution in [0.1, 0.15) is 44.1 Å². The Labute approximate surface area is 241 Å². The summed E-state index contributed by atoms with van der Waals surface area (Å²) in [7, 11) is 1.75. The summed E-state index contributed by atoms with van der Waals surface area (Å²) in [5.74, 6) is -1.30. The summed E-state index contributed by atoms with van der Waals surface area (Å²) in [5, 5.41) is 9.65. The number of likely N-dealkylation sites (N-methyl/N-ethyl adjacent to an activating group) is 1. The summed E-state index contributed by atoms with van der Waals surface area (Å²) in [6, 6.07) is 4.85. The summed E-state index contributed by atoms with van der Waals surface area (Å²) < 4.78 is -0.659. The van der Waals surface area contributed by atoms with Crippen LogP contribution in [-0.4, -0.2) is 82.0 Å². The molecule has 5 atom stereocenters. The Bertz CT molecular complexity index is 1110. The summed E-state index contributed by atoms with van der Waals surface area (Å²) in [4.78, 5) is 47.6. The van der Waals surface area contributed by atoms with E-state index >= 15 is 0 Å². The molecule has 1 N–H and O–H groups in total. The van der Waals surface area contributed by atoms with Crippen LogP contribution in [0.5, 0.6) is 0 Å². The van der Waals surface area contributed by atoms with E-state index in [0.29, 0.717) is 36.6 Å². The SMILES string of the molecule is C=CCN(C)C(=O)[C@@H]1[C@@H]2CCC3(S2)C(C(=O)N(CC=C)c2c(C)cccc2Cl)N(CCCCCCO)C(=O)[C@H]13. The van der Waals surface area contributed by atoms with E-state index in [9.17, 15) is 14.4 Å². The fraction of sp³-hybridized carbons (Fsp3) is 0.567. The van der Waals surface area contributed by atoms with Crippen LogP contribution in [-0.2, 0) is 14.4 Å². The zero-order valence-electron chi connectivity index (χ0n) is 23.0. The first-order valence-electron chi connectivity index (χ1n) is 13.9. The van der Waals surface area contributed by atoms with Crippen molar-refractivity contribution in [3.05, 3.63) is 54.1 Å². The maximum absolute atomic E-state index is 14.6. The maximum Gasteiger partial charge on any atom is 0.251 e. The molecule has 3 amide bonds. The number of hydrogen-bond donors (Lipinski definition) is 1. The van der Waals surface area contributed by atoms with Crippen LogP contribution in [0, 0.1) is 18.8 Å². The van der Waals surface area contributed by atoms with Crippen molar-refractivity contribution in [3.63, 3.8) is 0 Å². The molecule has 0 saturated carbocycles. The molecule has 1 aromatic rings. The largest absolute Gasteiger partial charge is 0.396 e. The molecule has 3 saturated heterocycles. The van der Waals surface area contributed by atoms with Crippen LogP contribution in [0.3, 0.4) is 0 Å². The normalized spacial score (nSPS) is 27.0. The number of thioether (sulfide) groups is 1. The van der Waals surface area contributed by atoms with Gasteiger partial charge in [0.2, 0.25) is 11.8 Å². The summed E-state index contributed by atoms with van der Waals surface area (Å²) in [6.07, 6.45) is 8.04. The molecule has 3 aliphatic heterocycles. The molecule has 2 unspecified atom stereocenters. The van der Waals surface area contributed by atoms with Gasteiger partial charge < -0.3 is 19.8 Å². The number of para-hydroxylation sites is 1. The quantitative estimate of drug-likeness (QED) is 0.278. The van der Waals surface area contributed by atoms with Gasteiger partial charge in [-0.25, -0.2) is 0 Å². The van der Waals surface area contributed by atoms with E-state index in [2.05, 4.69) is 13.2 Å². The standard InChI is InChI=1S/C30H40ClN3O4S/c1-5-16-32(4)27(36)23-22-14-15-30(39-22)24(23)28(37)34(18-9-7-8-10-19-35)26(30)29(38)33(17-6-2)25-20(3)12-11-13-21(25)31/h5-6,11-13,22-24,26,35H,1-2,7-10,14-19H2,3-4H3/t22-,23+,24-,26?,30?/m0/s1. The van der Waals surface area contributed by atoms with E-state index in [1.165, 1.54) is 0 Å². The van der Waals surface area contributed by atoms with Gasteiger partial charge >= 0.3 is 0 Å². The number of unbranched alkanes of at least 4 members (excludes halogenated alkanes) is 3. The molecule has 9 heteroatoms. The molecule has 4 rings (SSSR count). The molecule has 3 aliphatic rings. The third-order valence-electron chi connectivity index (χ3n) is 8.44. The predicted octanol–water partition coefficient (Wildman–Crippen LogP) is 4.46. The topological polar surface area (TPSA) is 81.2 Å². The van der Waals surface area contributed by atoms with Crippen LogP contribution in [0.25, 0.3) is 0 Å². The molecule has 7 nitrogen and oxygen atoms in total. The van der Waals surface area contributed by atoms with E-state index in [1.54, 1.807) is 51.7 Å². The number of anilines is 1. The van der Waals surface area contributed by atoms with Crippen molar-refractivity contribution in [1.29, 1.82) is 0 Å². The van der Waals surface area contributed by atoms with Crippen LogP contribution in [0.15, 0.2) is 43.5 Å².